The molecule has 0 saturated carbocycles. The van der Waals surface area contributed by atoms with Crippen LogP contribution in [0.3, 0.4) is 0 Å². The second-order valence-electron chi connectivity index (χ2n) is 7.56. The number of nitrogen functional groups attached to an aromatic ring is 1. The number of nitrogens with zero attached hydrogens (tertiary/aromatic N) is 3. The molecule has 10 heteroatoms. The molecule has 3 N–H and O–H groups in total. The van der Waals surface area contributed by atoms with Gasteiger partial charge < -0.3 is 20.3 Å². The number of nitrogens with two attached hydrogens (primary N) is 1. The lowest BCUT2D eigenvalue weighted by Gasteiger charge is -2.36. The first-order chi connectivity index (χ1) is 13.1. The van der Waals surface area contributed by atoms with Crippen molar-refractivity contribution < 1.29 is 17.9 Å². The number of aromatic nitrogens is 2. The minimum absolute atomic E-state index is 0.00609. The standard InChI is InChI=1S/C18H25N5O4S/c1-18(2,3)27-17(24)23-11-9-22(10-12-23)16-14(15(19)20-21-16)28(25,26)13-7-5-4-6-8-13/h4-8H,9-12H2,1-3H3,(H3,19,20,21). The van der Waals surface area contributed by atoms with Crippen molar-refractivity contribution in [2.75, 3.05) is 36.8 Å². The highest BCUT2D eigenvalue weighted by molar-refractivity contribution is 7.91. The summed E-state index contributed by atoms with van der Waals surface area (Å²) in [5.74, 6) is 0.263. The molecule has 1 saturated heterocycles. The lowest BCUT2D eigenvalue weighted by atomic mass is 10.2. The molecule has 1 aliphatic rings. The molecule has 0 radical (unpaired) electrons. The van der Waals surface area contributed by atoms with Crippen LogP contribution in [0, 0.1) is 0 Å². The molecule has 3 rings (SSSR count). The summed E-state index contributed by atoms with van der Waals surface area (Å²) in [6, 6.07) is 8.09. The summed E-state index contributed by atoms with van der Waals surface area (Å²) in [6.45, 7) is 7.07. The fraction of sp³-hybridized carbons (Fsp3) is 0.444. The van der Waals surface area contributed by atoms with Crippen LogP contribution >= 0.6 is 0 Å². The molecule has 9 nitrogen and oxygen atoms in total. The maximum Gasteiger partial charge on any atom is 0.410 e. The Hall–Kier alpha value is -2.75. The van der Waals surface area contributed by atoms with E-state index in [2.05, 4.69) is 10.2 Å². The van der Waals surface area contributed by atoms with E-state index in [9.17, 15) is 13.2 Å². The minimum atomic E-state index is -3.83. The number of hydrogen-bond acceptors (Lipinski definition) is 7. The van der Waals surface area contributed by atoms with E-state index < -0.39 is 15.4 Å². The van der Waals surface area contributed by atoms with Crippen LogP contribution in [0.25, 0.3) is 0 Å². The van der Waals surface area contributed by atoms with Crippen LogP contribution in [0.1, 0.15) is 20.8 Å². The summed E-state index contributed by atoms with van der Waals surface area (Å²) in [5.41, 5.74) is 5.34. The summed E-state index contributed by atoms with van der Waals surface area (Å²) in [5, 5.41) is 6.70. The number of nitrogens with one attached hydrogen (secondary N) is 1. The number of amides is 1. The average Bonchev–Trinajstić information content (AvgIpc) is 3.03. The third kappa shape index (κ3) is 4.06. The lowest BCUT2D eigenvalue weighted by molar-refractivity contribution is 0.0240. The average molecular weight is 407 g/mol. The van der Waals surface area contributed by atoms with Crippen molar-refractivity contribution in [1.29, 1.82) is 0 Å². The van der Waals surface area contributed by atoms with Gasteiger partial charge in [0.25, 0.3) is 0 Å². The zero-order valence-corrected chi connectivity index (χ0v) is 17.0. The third-order valence-electron chi connectivity index (χ3n) is 4.28. The van der Waals surface area contributed by atoms with E-state index in [0.717, 1.165) is 0 Å². The molecule has 2 aromatic rings. The number of piperazine rings is 1. The maximum absolute atomic E-state index is 13.1. The minimum Gasteiger partial charge on any atom is -0.444 e. The van der Waals surface area contributed by atoms with Crippen molar-refractivity contribution in [1.82, 2.24) is 15.1 Å². The van der Waals surface area contributed by atoms with Crippen molar-refractivity contribution in [3.63, 3.8) is 0 Å². The van der Waals surface area contributed by atoms with Gasteiger partial charge in [0, 0.05) is 26.2 Å². The summed E-state index contributed by atoms with van der Waals surface area (Å²) in [6.07, 6.45) is -0.383. The van der Waals surface area contributed by atoms with E-state index in [0.29, 0.717) is 26.2 Å². The van der Waals surface area contributed by atoms with Crippen LogP contribution in [-0.2, 0) is 14.6 Å². The molecule has 152 valence electrons. The van der Waals surface area contributed by atoms with Gasteiger partial charge in [0.15, 0.2) is 10.7 Å². The number of anilines is 2. The smallest absolute Gasteiger partial charge is 0.410 e. The maximum atomic E-state index is 13.1. The van der Waals surface area contributed by atoms with E-state index in [-0.39, 0.29) is 27.5 Å². The van der Waals surface area contributed by atoms with E-state index in [1.165, 1.54) is 12.1 Å². The largest absolute Gasteiger partial charge is 0.444 e. The van der Waals surface area contributed by atoms with Crippen LogP contribution in [0.2, 0.25) is 0 Å². The van der Waals surface area contributed by atoms with Gasteiger partial charge in [-0.15, -0.1) is 0 Å². The molecular formula is C18H25N5O4S. The van der Waals surface area contributed by atoms with Gasteiger partial charge in [-0.2, -0.15) is 5.10 Å². The molecule has 0 aliphatic carbocycles. The molecule has 2 heterocycles. The number of sulfone groups is 1. The fourth-order valence-corrected chi connectivity index (χ4v) is 4.46. The van der Waals surface area contributed by atoms with E-state index in [4.69, 9.17) is 10.5 Å². The summed E-state index contributed by atoms with van der Waals surface area (Å²) < 4.78 is 31.5. The van der Waals surface area contributed by atoms with Crippen molar-refractivity contribution in [3.05, 3.63) is 30.3 Å². The molecule has 1 aliphatic heterocycles. The van der Waals surface area contributed by atoms with Crippen LogP contribution in [-0.4, -0.2) is 61.4 Å². The van der Waals surface area contributed by atoms with E-state index in [1.807, 2.05) is 25.7 Å². The van der Waals surface area contributed by atoms with Gasteiger partial charge in [0.2, 0.25) is 9.84 Å². The van der Waals surface area contributed by atoms with Gasteiger partial charge in [-0.05, 0) is 32.9 Å². The predicted octanol–water partition coefficient (Wildman–Crippen LogP) is 1.88. The molecule has 1 fully saturated rings. The van der Waals surface area contributed by atoms with Crippen molar-refractivity contribution >= 4 is 27.6 Å². The van der Waals surface area contributed by atoms with Crippen molar-refractivity contribution in [2.24, 2.45) is 0 Å². The predicted molar refractivity (Wildman–Crippen MR) is 105 cm³/mol. The molecule has 28 heavy (non-hydrogen) atoms. The summed E-state index contributed by atoms with van der Waals surface area (Å²) >= 11 is 0. The molecule has 0 atom stereocenters. The van der Waals surface area contributed by atoms with Crippen molar-refractivity contribution in [2.45, 2.75) is 36.2 Å². The summed E-state index contributed by atoms with van der Waals surface area (Å²) in [4.78, 5) is 15.7. The molecule has 1 aromatic heterocycles. The number of hydrogen-bond donors (Lipinski definition) is 2. The van der Waals surface area contributed by atoms with Gasteiger partial charge in [-0.1, -0.05) is 18.2 Å². The van der Waals surface area contributed by atoms with Crippen LogP contribution < -0.4 is 10.6 Å². The zero-order chi connectivity index (χ0) is 20.5. The molecule has 0 bridgehead atoms. The Balaban J connectivity index is 1.80. The van der Waals surface area contributed by atoms with E-state index >= 15 is 0 Å². The van der Waals surface area contributed by atoms with Gasteiger partial charge >= 0.3 is 6.09 Å². The Morgan fingerprint density at radius 3 is 2.32 bits per heavy atom. The first-order valence-corrected chi connectivity index (χ1v) is 10.4. The Morgan fingerprint density at radius 2 is 1.75 bits per heavy atom. The number of carbonyl (C=O) groups excluding carboxylic acids is 1. The molecule has 0 spiro atoms. The summed E-state index contributed by atoms with van der Waals surface area (Å²) in [7, 11) is -3.83. The molecule has 1 aromatic carbocycles. The van der Waals surface area contributed by atoms with Crippen LogP contribution in [0.15, 0.2) is 40.1 Å². The van der Waals surface area contributed by atoms with Gasteiger partial charge in [-0.25, -0.2) is 13.2 Å². The normalized spacial score (nSPS) is 15.5. The highest BCUT2D eigenvalue weighted by Gasteiger charge is 2.33. The van der Waals surface area contributed by atoms with Crippen LogP contribution in [0.4, 0.5) is 16.4 Å². The Kier molecular flexibility index (Phi) is 5.24. The first-order valence-electron chi connectivity index (χ1n) is 8.96. The molecule has 1 amide bonds. The second kappa shape index (κ2) is 7.34. The van der Waals surface area contributed by atoms with Crippen LogP contribution in [0.5, 0.6) is 0 Å². The number of aromatic amines is 1. The Bertz CT molecular complexity index is 942. The van der Waals surface area contributed by atoms with Gasteiger partial charge in [-0.3, -0.25) is 5.10 Å². The van der Waals surface area contributed by atoms with Crippen molar-refractivity contribution in [3.8, 4) is 0 Å². The molecular weight excluding hydrogens is 382 g/mol. The number of rotatable bonds is 3. The quantitative estimate of drug-likeness (QED) is 0.796. The number of ether oxygens (including phenoxy) is 1. The highest BCUT2D eigenvalue weighted by Crippen LogP contribution is 2.33. The highest BCUT2D eigenvalue weighted by atomic mass is 32.2. The number of benzene rings is 1. The fourth-order valence-electron chi connectivity index (χ4n) is 2.96. The Labute approximate surface area is 164 Å². The molecule has 0 unspecified atom stereocenters. The SMILES string of the molecule is CC(C)(C)OC(=O)N1CCN(c2n[nH]c(N)c2S(=O)(=O)c2ccccc2)CC1. The topological polar surface area (TPSA) is 122 Å². The monoisotopic (exact) mass is 407 g/mol. The number of H-pyrrole nitrogens is 1. The van der Waals surface area contributed by atoms with E-state index in [1.54, 1.807) is 23.1 Å². The zero-order valence-electron chi connectivity index (χ0n) is 16.2. The first kappa shape index (κ1) is 20.0. The van der Waals surface area contributed by atoms with Gasteiger partial charge in [0.1, 0.15) is 11.4 Å². The van der Waals surface area contributed by atoms with Gasteiger partial charge in [0.05, 0.1) is 4.90 Å². The Morgan fingerprint density at radius 1 is 1.14 bits per heavy atom. The third-order valence-corrected chi connectivity index (χ3v) is 6.12. The second-order valence-corrected chi connectivity index (χ2v) is 9.45. The number of carbonyl (C=O) groups is 1. The lowest BCUT2D eigenvalue weighted by Crippen LogP contribution is -2.50.